The highest BCUT2D eigenvalue weighted by Crippen LogP contribution is 2.36. The van der Waals surface area contributed by atoms with Crippen LogP contribution >= 0.6 is 23.6 Å². The lowest BCUT2D eigenvalue weighted by Gasteiger charge is -2.14. The van der Waals surface area contributed by atoms with Gasteiger partial charge in [0.25, 0.3) is 5.91 Å². The molecule has 3 heterocycles. The first-order valence-corrected chi connectivity index (χ1v) is 13.4. The monoisotopic (exact) mass is 574 g/mol. The number of thiophene rings is 1. The van der Waals surface area contributed by atoms with Crippen molar-refractivity contribution in [3.63, 3.8) is 0 Å². The van der Waals surface area contributed by atoms with Crippen molar-refractivity contribution in [1.29, 1.82) is 0 Å². The lowest BCUT2D eigenvalue weighted by atomic mass is 10.1. The van der Waals surface area contributed by atoms with Crippen LogP contribution in [0.3, 0.4) is 0 Å². The van der Waals surface area contributed by atoms with E-state index in [4.69, 9.17) is 21.4 Å². The average molecular weight is 575 g/mol. The molecule has 11 heteroatoms. The average Bonchev–Trinajstić information content (AvgIpc) is 3.60. The molecule has 2 N–H and O–H groups in total. The topological polar surface area (TPSA) is 96.7 Å². The lowest BCUT2D eigenvalue weighted by Crippen LogP contribution is -2.35. The fraction of sp³-hybridized carbons (Fsp3) is 0.103. The van der Waals surface area contributed by atoms with E-state index in [1.165, 1.54) is 29.7 Å². The highest BCUT2D eigenvalue weighted by molar-refractivity contribution is 7.80. The highest BCUT2D eigenvalue weighted by atomic mass is 32.1. The van der Waals surface area contributed by atoms with E-state index in [9.17, 15) is 14.0 Å². The van der Waals surface area contributed by atoms with Gasteiger partial charge in [-0.05, 0) is 48.1 Å². The first-order valence-electron chi connectivity index (χ1n) is 12.1. The Bertz CT molecular complexity index is 1670. The van der Waals surface area contributed by atoms with Crippen molar-refractivity contribution >= 4 is 56.4 Å². The van der Waals surface area contributed by atoms with Crippen LogP contribution in [0.15, 0.2) is 89.7 Å². The van der Waals surface area contributed by atoms with Crippen LogP contribution in [-0.4, -0.2) is 33.9 Å². The van der Waals surface area contributed by atoms with Gasteiger partial charge in [0.1, 0.15) is 11.5 Å². The molecular formula is C29H23FN4O4S2. The van der Waals surface area contributed by atoms with E-state index < -0.39 is 5.82 Å². The van der Waals surface area contributed by atoms with E-state index in [2.05, 4.69) is 15.6 Å². The van der Waals surface area contributed by atoms with Crippen molar-refractivity contribution in [1.82, 2.24) is 15.2 Å². The minimum atomic E-state index is -0.639. The quantitative estimate of drug-likeness (QED) is 0.215. The number of furan rings is 1. The fourth-order valence-corrected chi connectivity index (χ4v) is 5.18. The maximum Gasteiger partial charge on any atom is 0.264 e. The number of aromatic nitrogens is 1. The summed E-state index contributed by atoms with van der Waals surface area (Å²) < 4.78 is 26.8. The van der Waals surface area contributed by atoms with Crippen LogP contribution in [-0.2, 0) is 17.8 Å². The molecule has 3 aromatic heterocycles. The Hall–Kier alpha value is -4.61. The first kappa shape index (κ1) is 27.0. The molecule has 0 saturated carbocycles. The van der Waals surface area contributed by atoms with Crippen LogP contribution in [0.4, 0.5) is 10.1 Å². The Balaban J connectivity index is 1.24. The summed E-state index contributed by atoms with van der Waals surface area (Å²) in [7, 11) is 1.69. The van der Waals surface area contributed by atoms with Gasteiger partial charge in [0.2, 0.25) is 5.91 Å². The van der Waals surface area contributed by atoms with Crippen molar-refractivity contribution in [3.8, 4) is 11.5 Å². The van der Waals surface area contributed by atoms with Crippen molar-refractivity contribution in [2.75, 3.05) is 12.4 Å². The van der Waals surface area contributed by atoms with E-state index in [0.717, 1.165) is 5.56 Å². The molecule has 5 rings (SSSR count). The minimum absolute atomic E-state index is 0.0201. The number of hydrogen-bond acceptors (Lipinski definition) is 7. The molecule has 0 unspecified atom stereocenters. The van der Waals surface area contributed by atoms with Crippen molar-refractivity contribution in [2.24, 2.45) is 0 Å². The lowest BCUT2D eigenvalue weighted by molar-refractivity contribution is -0.119. The fourth-order valence-electron chi connectivity index (χ4n) is 3.89. The first-order chi connectivity index (χ1) is 19.4. The minimum Gasteiger partial charge on any atom is -0.467 e. The van der Waals surface area contributed by atoms with Gasteiger partial charge in [0, 0.05) is 31.1 Å². The van der Waals surface area contributed by atoms with Gasteiger partial charge in [0.15, 0.2) is 16.7 Å². The molecule has 0 saturated heterocycles. The number of pyridine rings is 1. The molecule has 0 aliphatic rings. The third-order valence-electron chi connectivity index (χ3n) is 5.78. The maximum atomic E-state index is 15.0. The molecule has 0 spiro atoms. The summed E-state index contributed by atoms with van der Waals surface area (Å²) >= 11 is 6.41. The molecule has 0 aliphatic carbocycles. The second-order valence-corrected chi connectivity index (χ2v) is 10.2. The number of halogens is 1. The Morgan fingerprint density at radius 2 is 1.90 bits per heavy atom. The number of benzene rings is 2. The standard InChI is InChI=1S/C29H23FN4O4S2/c1-34(17-20-8-5-13-37-20)28(36)25-16-22-27(40-25)24(11-12-31-22)38-23-10-9-19(15-21(23)30)32-29(39)33-26(35)14-18-6-3-2-4-7-18/h2-13,15-16H,14,17H2,1H3,(H2,32,33,35,39). The summed E-state index contributed by atoms with van der Waals surface area (Å²) in [6.45, 7) is 0.322. The van der Waals surface area contributed by atoms with E-state index in [0.29, 0.717) is 38.8 Å². The van der Waals surface area contributed by atoms with E-state index >= 15 is 0 Å². The summed E-state index contributed by atoms with van der Waals surface area (Å²) in [5.41, 5.74) is 1.76. The van der Waals surface area contributed by atoms with Crippen molar-refractivity contribution in [2.45, 2.75) is 13.0 Å². The van der Waals surface area contributed by atoms with Gasteiger partial charge in [-0.15, -0.1) is 11.3 Å². The summed E-state index contributed by atoms with van der Waals surface area (Å²) in [5.74, 6) is -0.104. The molecule has 40 heavy (non-hydrogen) atoms. The number of carbonyl (C=O) groups excluding carboxylic acids is 2. The molecule has 0 bridgehead atoms. The summed E-state index contributed by atoms with van der Waals surface area (Å²) in [6.07, 6.45) is 3.26. The number of ether oxygens (including phenoxy) is 1. The molecule has 0 aliphatic heterocycles. The molecule has 2 aromatic carbocycles. The summed E-state index contributed by atoms with van der Waals surface area (Å²) in [6, 6.07) is 20.4. The zero-order chi connectivity index (χ0) is 28.1. The Kier molecular flexibility index (Phi) is 8.13. The Morgan fingerprint density at radius 1 is 1.07 bits per heavy atom. The second kappa shape index (κ2) is 12.1. The third kappa shape index (κ3) is 6.50. The van der Waals surface area contributed by atoms with Gasteiger partial charge >= 0.3 is 0 Å². The summed E-state index contributed by atoms with van der Waals surface area (Å²) in [4.78, 5) is 31.5. The van der Waals surface area contributed by atoms with Crippen LogP contribution in [0.25, 0.3) is 10.2 Å². The molecule has 0 radical (unpaired) electrons. The van der Waals surface area contributed by atoms with Crippen molar-refractivity contribution in [3.05, 3.63) is 107 Å². The van der Waals surface area contributed by atoms with Crippen molar-refractivity contribution < 1.29 is 23.1 Å². The van der Waals surface area contributed by atoms with Gasteiger partial charge in [-0.25, -0.2) is 4.39 Å². The highest BCUT2D eigenvalue weighted by Gasteiger charge is 2.19. The molecular weight excluding hydrogens is 551 g/mol. The molecule has 5 aromatic rings. The number of thiocarbonyl (C=S) groups is 1. The smallest absolute Gasteiger partial charge is 0.264 e. The molecule has 202 valence electrons. The normalized spacial score (nSPS) is 10.8. The van der Waals surface area contributed by atoms with Crippen LogP contribution in [0, 0.1) is 5.82 Å². The number of nitrogens with zero attached hydrogens (tertiary/aromatic N) is 2. The SMILES string of the molecule is CN(Cc1ccco1)C(=O)c1cc2nccc(Oc3ccc(NC(=S)NC(=O)Cc4ccccc4)cc3F)c2s1. The Morgan fingerprint density at radius 3 is 2.65 bits per heavy atom. The predicted octanol–water partition coefficient (Wildman–Crippen LogP) is 6.15. The van der Waals surface area contributed by atoms with Gasteiger partial charge in [-0.2, -0.15) is 0 Å². The maximum absolute atomic E-state index is 15.0. The predicted molar refractivity (Wildman–Crippen MR) is 155 cm³/mol. The molecule has 8 nitrogen and oxygen atoms in total. The van der Waals surface area contributed by atoms with E-state index in [1.807, 2.05) is 30.3 Å². The number of rotatable bonds is 8. The molecule has 2 amide bonds. The molecule has 0 fully saturated rings. The molecule has 0 atom stereocenters. The summed E-state index contributed by atoms with van der Waals surface area (Å²) in [5, 5.41) is 5.45. The number of carbonyl (C=O) groups is 2. The van der Waals surface area contributed by atoms with Gasteiger partial charge < -0.3 is 24.7 Å². The van der Waals surface area contributed by atoms with Crippen LogP contribution in [0.5, 0.6) is 11.5 Å². The number of amides is 2. The van der Waals surface area contributed by atoms with E-state index in [-0.39, 0.29) is 29.1 Å². The van der Waals surface area contributed by atoms with Crippen LogP contribution in [0.1, 0.15) is 21.0 Å². The van der Waals surface area contributed by atoms with Gasteiger partial charge in [-0.1, -0.05) is 30.3 Å². The van der Waals surface area contributed by atoms with Gasteiger partial charge in [-0.3, -0.25) is 14.6 Å². The number of fused-ring (bicyclic) bond motifs is 1. The number of hydrogen-bond donors (Lipinski definition) is 2. The second-order valence-electron chi connectivity index (χ2n) is 8.79. The van der Waals surface area contributed by atoms with Crippen LogP contribution in [0.2, 0.25) is 0 Å². The van der Waals surface area contributed by atoms with E-state index in [1.54, 1.807) is 48.5 Å². The Labute approximate surface area is 238 Å². The zero-order valence-electron chi connectivity index (χ0n) is 21.2. The number of anilines is 1. The zero-order valence-corrected chi connectivity index (χ0v) is 22.9. The van der Waals surface area contributed by atoms with Gasteiger partial charge in [0.05, 0.1) is 34.3 Å². The largest absolute Gasteiger partial charge is 0.467 e. The third-order valence-corrected chi connectivity index (χ3v) is 7.11. The van der Waals surface area contributed by atoms with Crippen LogP contribution < -0.4 is 15.4 Å². The number of nitrogens with one attached hydrogen (secondary N) is 2.